The van der Waals surface area contributed by atoms with Gasteiger partial charge >= 0.3 is 0 Å². The third-order valence-corrected chi connectivity index (χ3v) is 10.7. The molecule has 0 fully saturated rings. The van der Waals surface area contributed by atoms with E-state index in [-0.39, 0.29) is 42.1 Å². The van der Waals surface area contributed by atoms with Crippen LogP contribution in [0.25, 0.3) is 0 Å². The fraction of sp³-hybridized carbons (Fsp3) is 0.475. The highest BCUT2D eigenvalue weighted by Gasteiger charge is 2.43. The van der Waals surface area contributed by atoms with Crippen molar-refractivity contribution in [1.82, 2.24) is 0 Å². The average molecular weight is 822 g/mol. The lowest BCUT2D eigenvalue weighted by atomic mass is 9.79. The number of halogens is 3. The van der Waals surface area contributed by atoms with Crippen LogP contribution in [0.5, 0.6) is 34.5 Å². The molecule has 0 aliphatic carbocycles. The Labute approximate surface area is 341 Å². The zero-order valence-corrected chi connectivity index (χ0v) is 34.7. The molecule has 15 heteroatoms. The number of rotatable bonds is 16. The van der Waals surface area contributed by atoms with E-state index < -0.39 is 5.54 Å². The first-order valence-electron chi connectivity index (χ1n) is 17.8. The number of methoxy groups -OCH3 is 6. The molecule has 12 nitrogen and oxygen atoms in total. The molecular weight excluding hydrogens is 771 g/mol. The van der Waals surface area contributed by atoms with Crippen LogP contribution in [0.4, 0.5) is 0 Å². The molecule has 55 heavy (non-hydrogen) atoms. The summed E-state index contributed by atoms with van der Waals surface area (Å²) in [7, 11) is 9.69. The van der Waals surface area contributed by atoms with Gasteiger partial charge in [0.15, 0.2) is 34.5 Å². The van der Waals surface area contributed by atoms with Crippen molar-refractivity contribution in [2.75, 3.05) is 62.3 Å². The molecule has 0 amide bonds. The van der Waals surface area contributed by atoms with Crippen molar-refractivity contribution in [2.45, 2.75) is 63.3 Å². The van der Waals surface area contributed by atoms with E-state index in [1.807, 2.05) is 36.4 Å². The van der Waals surface area contributed by atoms with E-state index in [0.717, 1.165) is 69.8 Å². The van der Waals surface area contributed by atoms with Crippen molar-refractivity contribution in [3.8, 4) is 34.5 Å². The molecule has 0 saturated carbocycles. The smallest absolute Gasteiger partial charge is 0.223 e. The fourth-order valence-electron chi connectivity index (χ4n) is 7.72. The van der Waals surface area contributed by atoms with Crippen LogP contribution >= 0.6 is 37.2 Å². The largest absolute Gasteiger partial charge is 0.493 e. The molecule has 3 aromatic rings. The second-order valence-corrected chi connectivity index (χ2v) is 13.3. The lowest BCUT2D eigenvalue weighted by Crippen LogP contribution is -2.40. The monoisotopic (exact) mass is 820 g/mol. The van der Waals surface area contributed by atoms with Crippen LogP contribution in [0.15, 0.2) is 51.4 Å². The number of nitrogens with zero attached hydrogens (tertiary/aromatic N) is 4. The van der Waals surface area contributed by atoms with E-state index in [4.69, 9.17) is 43.4 Å². The molecule has 0 radical (unpaired) electrons. The van der Waals surface area contributed by atoms with Crippen LogP contribution in [0.2, 0.25) is 0 Å². The molecule has 300 valence electrons. The number of nitro groups is 1. The van der Waals surface area contributed by atoms with E-state index in [9.17, 15) is 10.1 Å². The first-order valence-corrected chi connectivity index (χ1v) is 17.8. The maximum absolute atomic E-state index is 13.5. The van der Waals surface area contributed by atoms with Crippen LogP contribution < -0.4 is 28.4 Å². The highest BCUT2D eigenvalue weighted by atomic mass is 35.5. The van der Waals surface area contributed by atoms with Gasteiger partial charge in [-0.15, -0.1) is 37.2 Å². The van der Waals surface area contributed by atoms with Crippen LogP contribution in [-0.4, -0.2) is 89.9 Å². The molecule has 6 rings (SSSR count). The Balaban J connectivity index is 0.00000271. The van der Waals surface area contributed by atoms with E-state index in [0.29, 0.717) is 92.7 Å². The van der Waals surface area contributed by atoms with Crippen molar-refractivity contribution >= 4 is 54.4 Å². The Hall–Kier alpha value is -4.26. The Morgan fingerprint density at radius 2 is 0.764 bits per heavy atom. The SMILES string of the molecule is COc1cc2c(cc1OC)C(CCC(CCC1=NCCc3cc(OC)c(OC)cc31)(CCC1=NCCc3cc(OC)c(OC)cc31)[N+](=O)[O-])=NCC2.Cl.Cl.Cl. The quantitative estimate of drug-likeness (QED) is 0.106. The summed E-state index contributed by atoms with van der Waals surface area (Å²) in [4.78, 5) is 28.1. The molecule has 0 atom stereocenters. The second-order valence-electron chi connectivity index (χ2n) is 13.3. The molecule has 0 spiro atoms. The molecule has 0 aromatic heterocycles. The van der Waals surface area contributed by atoms with E-state index >= 15 is 0 Å². The summed E-state index contributed by atoms with van der Waals surface area (Å²) >= 11 is 0. The summed E-state index contributed by atoms with van der Waals surface area (Å²) in [5.41, 5.74) is 7.44. The number of benzene rings is 3. The van der Waals surface area contributed by atoms with Gasteiger partial charge in [0.05, 0.1) is 42.7 Å². The standard InChI is InChI=1S/C40H48N4O8.3ClH/c1-47-34-19-25-10-16-41-31(28(25)22-37(34)50-4)7-13-40(44(45)46,14-8-32-29-23-38(51-5)35(48-2)20-26(29)11-17-42-32)15-9-33-30-24-39(52-6)36(49-3)21-27(30)12-18-43-33;;;/h19-24H,7-18H2,1-6H3;3*1H. The highest BCUT2D eigenvalue weighted by Crippen LogP contribution is 2.39. The second kappa shape index (κ2) is 20.1. The molecule has 3 heterocycles. The summed E-state index contributed by atoms with van der Waals surface area (Å²) in [5.74, 6) is 3.81. The third-order valence-electron chi connectivity index (χ3n) is 10.7. The van der Waals surface area contributed by atoms with E-state index in [1.165, 1.54) is 0 Å². The maximum Gasteiger partial charge on any atom is 0.223 e. The van der Waals surface area contributed by atoms with Gasteiger partial charge in [-0.05, 0) is 91.6 Å². The normalized spacial score (nSPS) is 14.0. The maximum atomic E-state index is 13.5. The van der Waals surface area contributed by atoms with Gasteiger partial charge in [0.2, 0.25) is 5.54 Å². The molecule has 3 aliphatic heterocycles. The predicted molar refractivity (Wildman–Crippen MR) is 223 cm³/mol. The highest BCUT2D eigenvalue weighted by molar-refractivity contribution is 6.05. The van der Waals surface area contributed by atoms with E-state index in [2.05, 4.69) is 0 Å². The molecule has 0 bridgehead atoms. The van der Waals surface area contributed by atoms with Crippen LogP contribution in [0.3, 0.4) is 0 Å². The zero-order valence-electron chi connectivity index (χ0n) is 32.2. The van der Waals surface area contributed by atoms with E-state index in [1.54, 1.807) is 42.7 Å². The minimum Gasteiger partial charge on any atom is -0.493 e. The number of aliphatic imine (C=N–C) groups is 3. The first-order chi connectivity index (χ1) is 25.3. The van der Waals surface area contributed by atoms with Crippen molar-refractivity contribution in [3.63, 3.8) is 0 Å². The molecule has 0 saturated heterocycles. The number of ether oxygens (including phenoxy) is 6. The number of hydrogen-bond acceptors (Lipinski definition) is 11. The number of hydrogen-bond donors (Lipinski definition) is 0. The minimum absolute atomic E-state index is 0. The average Bonchev–Trinajstić information content (AvgIpc) is 3.18. The Morgan fingerprint density at radius 3 is 1.00 bits per heavy atom. The Bertz CT molecular complexity index is 1730. The summed E-state index contributed by atoms with van der Waals surface area (Å²) in [6, 6.07) is 11.8. The van der Waals surface area contributed by atoms with Crippen LogP contribution in [0, 0.1) is 10.1 Å². The summed E-state index contributed by atoms with van der Waals surface area (Å²) in [5, 5.41) is 13.5. The van der Waals surface area contributed by atoms with Gasteiger partial charge in [0, 0.05) is 77.6 Å². The first kappa shape index (κ1) is 45.1. The summed E-state index contributed by atoms with van der Waals surface area (Å²) < 4.78 is 33.5. The van der Waals surface area contributed by atoms with Gasteiger partial charge in [-0.3, -0.25) is 25.1 Å². The van der Waals surface area contributed by atoms with Crippen molar-refractivity contribution in [1.29, 1.82) is 0 Å². The summed E-state index contributed by atoms with van der Waals surface area (Å²) in [6.45, 7) is 1.84. The predicted octanol–water partition coefficient (Wildman–Crippen LogP) is 7.80. The van der Waals surface area contributed by atoms with Gasteiger partial charge in [0.1, 0.15) is 0 Å². The molecular formula is C40H51Cl3N4O8. The van der Waals surface area contributed by atoms with Gasteiger partial charge in [0.25, 0.3) is 0 Å². The van der Waals surface area contributed by atoms with Crippen molar-refractivity contribution in [3.05, 3.63) is 79.9 Å². The lowest BCUT2D eigenvalue weighted by molar-refractivity contribution is -0.573. The van der Waals surface area contributed by atoms with Gasteiger partial charge in [-0.2, -0.15) is 0 Å². The molecule has 3 aromatic carbocycles. The zero-order chi connectivity index (χ0) is 36.8. The van der Waals surface area contributed by atoms with Gasteiger partial charge < -0.3 is 28.4 Å². The Kier molecular flexibility index (Phi) is 16.5. The minimum atomic E-state index is -1.29. The van der Waals surface area contributed by atoms with Crippen molar-refractivity contribution in [2.24, 2.45) is 15.0 Å². The van der Waals surface area contributed by atoms with Crippen LogP contribution in [0.1, 0.15) is 71.9 Å². The van der Waals surface area contributed by atoms with Crippen LogP contribution in [-0.2, 0) is 19.3 Å². The third kappa shape index (κ3) is 9.41. The summed E-state index contributed by atoms with van der Waals surface area (Å²) in [6.07, 6.45) is 4.49. The Morgan fingerprint density at radius 1 is 0.509 bits per heavy atom. The van der Waals surface area contributed by atoms with Gasteiger partial charge in [-0.25, -0.2) is 0 Å². The van der Waals surface area contributed by atoms with Crippen molar-refractivity contribution < 1.29 is 33.3 Å². The molecule has 3 aliphatic rings. The topological polar surface area (TPSA) is 136 Å². The number of fused-ring (bicyclic) bond motifs is 3. The fourth-order valence-corrected chi connectivity index (χ4v) is 7.72. The lowest BCUT2D eigenvalue weighted by Gasteiger charge is -2.29. The molecule has 0 N–H and O–H groups in total. The van der Waals surface area contributed by atoms with Gasteiger partial charge in [-0.1, -0.05) is 0 Å². The molecule has 0 unspecified atom stereocenters.